The Kier molecular flexibility index (Phi) is 4.78. The molecule has 0 radical (unpaired) electrons. The summed E-state index contributed by atoms with van der Waals surface area (Å²) in [6, 6.07) is 4.37. The number of thioether (sulfide) groups is 1. The molecule has 1 aromatic rings. The summed E-state index contributed by atoms with van der Waals surface area (Å²) in [7, 11) is 3.46. The normalized spacial score (nSPS) is 19.6. The van der Waals surface area contributed by atoms with Crippen LogP contribution in [0, 0.1) is 0 Å². The van der Waals surface area contributed by atoms with Crippen molar-refractivity contribution in [2.45, 2.75) is 30.2 Å². The maximum Gasteiger partial charge on any atom is 0.133 e. The molecular weight excluding hydrogens is 246 g/mol. The number of ether oxygens (including phenoxy) is 2. The van der Waals surface area contributed by atoms with E-state index in [9.17, 15) is 0 Å². The lowest BCUT2D eigenvalue weighted by Crippen LogP contribution is -2.27. The van der Waals surface area contributed by atoms with E-state index in [2.05, 4.69) is 11.6 Å². The monoisotopic (exact) mass is 267 g/mol. The van der Waals surface area contributed by atoms with E-state index in [4.69, 9.17) is 9.47 Å². The van der Waals surface area contributed by atoms with E-state index in [-0.39, 0.29) is 0 Å². The minimum Gasteiger partial charge on any atom is -0.496 e. The van der Waals surface area contributed by atoms with E-state index in [0.717, 1.165) is 24.5 Å². The average Bonchev–Trinajstić information content (AvgIpc) is 2.46. The standard InChI is InChI=1S/C14H21NO2S/c1-16-11-7-8-12(17-2)14(18-3)13(11)10-6-4-5-9-15-10/h7-8,10,15H,4-6,9H2,1-3H3. The van der Waals surface area contributed by atoms with Crippen LogP contribution in [0.25, 0.3) is 0 Å². The van der Waals surface area contributed by atoms with Crippen LogP contribution < -0.4 is 14.8 Å². The van der Waals surface area contributed by atoms with Crippen LogP contribution in [0.1, 0.15) is 30.9 Å². The molecule has 1 fully saturated rings. The minimum absolute atomic E-state index is 0.381. The van der Waals surface area contributed by atoms with Gasteiger partial charge in [-0.15, -0.1) is 11.8 Å². The number of piperidine rings is 1. The molecule has 1 atom stereocenters. The molecule has 4 heteroatoms. The minimum atomic E-state index is 0.381. The number of nitrogens with one attached hydrogen (secondary N) is 1. The van der Waals surface area contributed by atoms with Crippen LogP contribution >= 0.6 is 11.8 Å². The number of hydrogen-bond acceptors (Lipinski definition) is 4. The molecule has 100 valence electrons. The molecule has 1 N–H and O–H groups in total. The fourth-order valence-corrected chi connectivity index (χ4v) is 3.35. The zero-order valence-electron chi connectivity index (χ0n) is 11.3. The zero-order valence-corrected chi connectivity index (χ0v) is 12.1. The van der Waals surface area contributed by atoms with Crippen molar-refractivity contribution in [3.63, 3.8) is 0 Å². The molecular formula is C14H21NO2S. The van der Waals surface area contributed by atoms with Gasteiger partial charge in [0.15, 0.2) is 0 Å². The second-order valence-corrected chi connectivity index (χ2v) is 5.24. The zero-order chi connectivity index (χ0) is 13.0. The lowest BCUT2D eigenvalue weighted by molar-refractivity contribution is 0.359. The van der Waals surface area contributed by atoms with Crippen LogP contribution in [-0.2, 0) is 0 Å². The largest absolute Gasteiger partial charge is 0.496 e. The van der Waals surface area contributed by atoms with Gasteiger partial charge in [0.1, 0.15) is 11.5 Å². The highest BCUT2D eigenvalue weighted by atomic mass is 32.2. The smallest absolute Gasteiger partial charge is 0.133 e. The van der Waals surface area contributed by atoms with Crippen LogP contribution in [0.2, 0.25) is 0 Å². The highest BCUT2D eigenvalue weighted by Crippen LogP contribution is 2.42. The molecule has 1 aliphatic rings. The van der Waals surface area contributed by atoms with E-state index in [1.54, 1.807) is 26.0 Å². The topological polar surface area (TPSA) is 30.5 Å². The molecule has 0 spiro atoms. The summed E-state index contributed by atoms with van der Waals surface area (Å²) in [5.41, 5.74) is 1.25. The van der Waals surface area contributed by atoms with Gasteiger partial charge in [0, 0.05) is 11.6 Å². The summed E-state index contributed by atoms with van der Waals surface area (Å²) in [5.74, 6) is 1.89. The van der Waals surface area contributed by atoms with E-state index in [1.165, 1.54) is 23.3 Å². The van der Waals surface area contributed by atoms with E-state index in [1.807, 2.05) is 12.1 Å². The number of rotatable bonds is 4. The molecule has 1 saturated heterocycles. The van der Waals surface area contributed by atoms with Crippen molar-refractivity contribution >= 4 is 11.8 Å². The fourth-order valence-electron chi connectivity index (χ4n) is 2.54. The van der Waals surface area contributed by atoms with Crippen LogP contribution in [0.4, 0.5) is 0 Å². The van der Waals surface area contributed by atoms with Crippen molar-refractivity contribution < 1.29 is 9.47 Å². The van der Waals surface area contributed by atoms with Crippen molar-refractivity contribution in [1.29, 1.82) is 0 Å². The highest BCUT2D eigenvalue weighted by molar-refractivity contribution is 7.98. The quantitative estimate of drug-likeness (QED) is 0.848. The number of benzene rings is 1. The molecule has 0 saturated carbocycles. The van der Waals surface area contributed by atoms with Gasteiger partial charge in [-0.3, -0.25) is 0 Å². The summed E-state index contributed by atoms with van der Waals surface area (Å²) < 4.78 is 11.0. The predicted octanol–water partition coefficient (Wildman–Crippen LogP) is 3.24. The number of hydrogen-bond donors (Lipinski definition) is 1. The molecule has 1 unspecified atom stereocenters. The average molecular weight is 267 g/mol. The maximum absolute atomic E-state index is 5.53. The third-order valence-electron chi connectivity index (χ3n) is 3.42. The Morgan fingerprint density at radius 2 is 1.89 bits per heavy atom. The first-order valence-corrected chi connectivity index (χ1v) is 7.56. The Labute approximate surface area is 113 Å². The Balaban J connectivity index is 2.45. The first-order valence-electron chi connectivity index (χ1n) is 6.34. The van der Waals surface area contributed by atoms with E-state index in [0.29, 0.717) is 6.04 Å². The molecule has 3 nitrogen and oxygen atoms in total. The van der Waals surface area contributed by atoms with Gasteiger partial charge in [-0.1, -0.05) is 6.42 Å². The third-order valence-corrected chi connectivity index (χ3v) is 4.25. The molecule has 0 aromatic heterocycles. The van der Waals surface area contributed by atoms with Crippen molar-refractivity contribution in [1.82, 2.24) is 5.32 Å². The van der Waals surface area contributed by atoms with Gasteiger partial charge in [0.25, 0.3) is 0 Å². The molecule has 0 bridgehead atoms. The molecule has 18 heavy (non-hydrogen) atoms. The summed E-state index contributed by atoms with van der Waals surface area (Å²) in [4.78, 5) is 1.19. The van der Waals surface area contributed by atoms with Gasteiger partial charge in [0.05, 0.1) is 19.1 Å². The Bertz CT molecular complexity index is 403. The van der Waals surface area contributed by atoms with Gasteiger partial charge >= 0.3 is 0 Å². The van der Waals surface area contributed by atoms with E-state index >= 15 is 0 Å². The Hall–Kier alpha value is -0.870. The number of methoxy groups -OCH3 is 2. The van der Waals surface area contributed by atoms with Gasteiger partial charge in [0.2, 0.25) is 0 Å². The maximum atomic E-state index is 5.53. The Morgan fingerprint density at radius 1 is 1.17 bits per heavy atom. The Morgan fingerprint density at radius 3 is 2.44 bits per heavy atom. The van der Waals surface area contributed by atoms with Gasteiger partial charge in [-0.05, 0) is 37.8 Å². The molecule has 1 aromatic carbocycles. The third kappa shape index (κ3) is 2.59. The van der Waals surface area contributed by atoms with Crippen molar-refractivity contribution in [2.24, 2.45) is 0 Å². The highest BCUT2D eigenvalue weighted by Gasteiger charge is 2.24. The van der Waals surface area contributed by atoms with Crippen LogP contribution in [0.15, 0.2) is 17.0 Å². The van der Waals surface area contributed by atoms with Gasteiger partial charge in [-0.2, -0.15) is 0 Å². The second-order valence-electron chi connectivity index (χ2n) is 4.42. The first kappa shape index (κ1) is 13.6. The summed E-state index contributed by atoms with van der Waals surface area (Å²) in [5, 5.41) is 3.59. The van der Waals surface area contributed by atoms with Crippen molar-refractivity contribution in [2.75, 3.05) is 27.0 Å². The van der Waals surface area contributed by atoms with Crippen molar-refractivity contribution in [3.05, 3.63) is 17.7 Å². The summed E-state index contributed by atoms with van der Waals surface area (Å²) in [6.45, 7) is 1.08. The molecule has 1 heterocycles. The predicted molar refractivity (Wildman–Crippen MR) is 75.9 cm³/mol. The fraction of sp³-hybridized carbons (Fsp3) is 0.571. The first-order chi connectivity index (χ1) is 8.81. The van der Waals surface area contributed by atoms with Gasteiger partial charge < -0.3 is 14.8 Å². The summed E-state index contributed by atoms with van der Waals surface area (Å²) >= 11 is 1.72. The van der Waals surface area contributed by atoms with Crippen LogP contribution in [-0.4, -0.2) is 27.0 Å². The molecule has 0 aliphatic carbocycles. The SMILES string of the molecule is COc1ccc(OC)c(C2CCCCN2)c1SC. The van der Waals surface area contributed by atoms with Gasteiger partial charge in [-0.25, -0.2) is 0 Å². The lowest BCUT2D eigenvalue weighted by Gasteiger charge is -2.27. The van der Waals surface area contributed by atoms with Crippen molar-refractivity contribution in [3.8, 4) is 11.5 Å². The lowest BCUT2D eigenvalue weighted by atomic mass is 9.96. The van der Waals surface area contributed by atoms with Crippen LogP contribution in [0.5, 0.6) is 11.5 Å². The van der Waals surface area contributed by atoms with E-state index < -0.39 is 0 Å². The molecule has 2 rings (SSSR count). The molecule has 1 aliphatic heterocycles. The molecule has 0 amide bonds. The van der Waals surface area contributed by atoms with Crippen LogP contribution in [0.3, 0.4) is 0 Å². The second kappa shape index (κ2) is 6.34. The summed E-state index contributed by atoms with van der Waals surface area (Å²) in [6.07, 6.45) is 5.78.